The van der Waals surface area contributed by atoms with Gasteiger partial charge in [-0.1, -0.05) is 81.4 Å². The van der Waals surface area contributed by atoms with Crippen LogP contribution in [0.25, 0.3) is 5.76 Å². The largest absolute Gasteiger partial charge is 0.507 e. The highest BCUT2D eigenvalue weighted by Gasteiger charge is 2.69. The molecule has 52 heavy (non-hydrogen) atoms. The minimum atomic E-state index is -2.87. The zero-order valence-corrected chi connectivity index (χ0v) is 33.1. The van der Waals surface area contributed by atoms with Gasteiger partial charge in [0, 0.05) is 17.1 Å². The molecule has 0 spiro atoms. The van der Waals surface area contributed by atoms with E-state index in [1.807, 2.05) is 92.8 Å². The third-order valence-corrected chi connectivity index (χ3v) is 16.3. The Hall–Kier alpha value is -4.10. The fraction of sp³-hybridized carbons (Fsp3) is 0.400. The number of carbonyl (C=O) groups is 2. The summed E-state index contributed by atoms with van der Waals surface area (Å²) in [4.78, 5) is 37.5. The van der Waals surface area contributed by atoms with Gasteiger partial charge in [0.2, 0.25) is 11.6 Å². The Labute approximate surface area is 313 Å². The maximum absolute atomic E-state index is 15.6. The monoisotopic (exact) mass is 785 g/mol. The first-order valence-electron chi connectivity index (χ1n) is 17.6. The second-order valence-corrected chi connectivity index (χ2v) is 21.2. The lowest BCUT2D eigenvalue weighted by atomic mass is 9.57. The van der Waals surface area contributed by atoms with Crippen molar-refractivity contribution in [2.75, 3.05) is 14.1 Å². The maximum Gasteiger partial charge on any atom is 0.265 e. The lowest BCUT2D eigenvalue weighted by Gasteiger charge is -2.55. The highest BCUT2D eigenvalue weighted by molar-refractivity contribution is 9.10. The number of pyridine rings is 1. The number of hydrogen-bond donors (Lipinski definition) is 1. The smallest absolute Gasteiger partial charge is 0.265 e. The van der Waals surface area contributed by atoms with E-state index in [4.69, 9.17) is 18.4 Å². The zero-order chi connectivity index (χ0) is 37.2. The number of benzene rings is 2. The van der Waals surface area contributed by atoms with E-state index >= 15 is 9.59 Å². The minimum Gasteiger partial charge on any atom is -0.507 e. The third-order valence-electron chi connectivity index (χ3n) is 11.2. The average molecular weight is 787 g/mol. The molecule has 272 valence electrons. The van der Waals surface area contributed by atoms with Crippen LogP contribution in [0.1, 0.15) is 71.6 Å². The van der Waals surface area contributed by atoms with E-state index < -0.39 is 43.4 Å². The average Bonchev–Trinajstić information content (AvgIpc) is 3.52. The Bertz CT molecular complexity index is 2060. The molecule has 7 rings (SSSR count). The van der Waals surface area contributed by atoms with Gasteiger partial charge in [-0.05, 0) is 83.2 Å². The van der Waals surface area contributed by atoms with Crippen LogP contribution in [0.2, 0.25) is 18.1 Å². The Kier molecular flexibility index (Phi) is 9.34. The first-order chi connectivity index (χ1) is 24.7. The molecule has 4 atom stereocenters. The molecule has 1 fully saturated rings. The quantitative estimate of drug-likeness (QED) is 0.101. The van der Waals surface area contributed by atoms with Crippen molar-refractivity contribution in [3.05, 3.63) is 111 Å². The summed E-state index contributed by atoms with van der Waals surface area (Å²) < 4.78 is 26.2. The zero-order valence-electron chi connectivity index (χ0n) is 30.5. The van der Waals surface area contributed by atoms with Crippen molar-refractivity contribution in [3.63, 3.8) is 0 Å². The number of nitrogens with zero attached hydrogens (tertiary/aromatic N) is 3. The van der Waals surface area contributed by atoms with E-state index in [2.05, 4.69) is 46.8 Å². The topological polar surface area (TPSA) is 124 Å². The first kappa shape index (κ1) is 36.3. The lowest BCUT2D eigenvalue weighted by molar-refractivity contribution is -0.140. The van der Waals surface area contributed by atoms with E-state index in [0.717, 1.165) is 16.7 Å². The number of aromatic nitrogens is 2. The summed E-state index contributed by atoms with van der Waals surface area (Å²) in [6.07, 6.45) is 2.30. The molecule has 3 aliphatic carbocycles. The molecular formula is C40H44BrN3O7Si. The number of rotatable bonds is 9. The number of hydrogen-bond acceptors (Lipinski definition) is 10. The number of aliphatic hydroxyl groups is 1. The summed E-state index contributed by atoms with van der Waals surface area (Å²) in [5.74, 6) is -1.70. The number of halogens is 1. The van der Waals surface area contributed by atoms with Gasteiger partial charge in [0.15, 0.2) is 19.7 Å². The van der Waals surface area contributed by atoms with Crippen LogP contribution in [0.4, 0.5) is 0 Å². The molecule has 2 aromatic heterocycles. The Morgan fingerprint density at radius 1 is 0.962 bits per heavy atom. The molecule has 10 nitrogen and oxygen atoms in total. The number of aliphatic hydroxyl groups excluding tert-OH is 1. The van der Waals surface area contributed by atoms with E-state index in [1.54, 1.807) is 6.20 Å². The fourth-order valence-corrected chi connectivity index (χ4v) is 9.55. The number of ketones is 2. The SMILES string of the molecule is CN(C)[C@@H]1c2onc(OCc3ccccc3)c2C(=O)[C@@]2(O[Si](C)(C)C(C)(C)C)C(=O)C3=C(O)c4c(OCc5ccccc5)cnc(Br)c4C[C@H]3C[C@@H]12. The Morgan fingerprint density at radius 3 is 2.17 bits per heavy atom. The van der Waals surface area contributed by atoms with Gasteiger partial charge in [0.25, 0.3) is 5.88 Å². The number of fused-ring (bicyclic) bond motifs is 4. The van der Waals surface area contributed by atoms with Crippen molar-refractivity contribution in [2.45, 2.75) is 76.6 Å². The fourth-order valence-electron chi connectivity index (χ4n) is 7.64. The number of carbonyl (C=O) groups excluding carboxylic acids is 2. The Balaban J connectivity index is 1.39. The molecule has 0 radical (unpaired) electrons. The van der Waals surface area contributed by atoms with Crippen molar-refractivity contribution >= 4 is 41.6 Å². The van der Waals surface area contributed by atoms with Crippen LogP contribution in [-0.2, 0) is 28.9 Å². The van der Waals surface area contributed by atoms with Crippen LogP contribution in [0.5, 0.6) is 11.6 Å². The Morgan fingerprint density at radius 2 is 1.58 bits per heavy atom. The maximum atomic E-state index is 15.6. The molecule has 2 heterocycles. The second-order valence-electron chi connectivity index (χ2n) is 15.7. The summed E-state index contributed by atoms with van der Waals surface area (Å²) in [5.41, 5.74) is 1.25. The van der Waals surface area contributed by atoms with Crippen LogP contribution in [0, 0.1) is 11.8 Å². The van der Waals surface area contributed by atoms with Crippen LogP contribution in [0.3, 0.4) is 0 Å². The molecule has 0 aliphatic heterocycles. The van der Waals surface area contributed by atoms with Gasteiger partial charge in [-0.15, -0.1) is 0 Å². The molecule has 0 unspecified atom stereocenters. The van der Waals surface area contributed by atoms with Crippen molar-refractivity contribution in [1.82, 2.24) is 15.0 Å². The molecule has 1 saturated carbocycles. The van der Waals surface area contributed by atoms with Crippen LogP contribution >= 0.6 is 15.9 Å². The summed E-state index contributed by atoms with van der Waals surface area (Å²) in [7, 11) is 0.929. The van der Waals surface area contributed by atoms with Gasteiger partial charge < -0.3 is 23.5 Å². The molecule has 4 aromatic rings. The van der Waals surface area contributed by atoms with Crippen LogP contribution in [0.15, 0.2) is 81.6 Å². The highest BCUT2D eigenvalue weighted by Crippen LogP contribution is 2.59. The van der Waals surface area contributed by atoms with Crippen molar-refractivity contribution in [3.8, 4) is 11.6 Å². The predicted molar refractivity (Wildman–Crippen MR) is 202 cm³/mol. The summed E-state index contributed by atoms with van der Waals surface area (Å²) in [5, 5.41) is 16.2. The molecule has 0 bridgehead atoms. The molecule has 2 aromatic carbocycles. The summed E-state index contributed by atoms with van der Waals surface area (Å²) in [6, 6.07) is 18.7. The molecule has 12 heteroatoms. The summed E-state index contributed by atoms with van der Waals surface area (Å²) >= 11 is 3.61. The molecule has 3 aliphatic rings. The third kappa shape index (κ3) is 5.93. The van der Waals surface area contributed by atoms with Gasteiger partial charge >= 0.3 is 0 Å². The number of ether oxygens (including phenoxy) is 2. The standard InChI is InChI=1S/C40H44BrN3O7Si/c1-39(2,3)52(6,7)51-40-27(32(44(4)5)34-31(36(40)47)38(43-50-34)49-22-24-16-12-9-13-17-24)19-25-18-26-30(33(45)29(25)35(40)46)28(20-42-37(26)41)48-21-23-14-10-8-11-15-23/h8-17,20,25,27,32,45H,18-19,21-22H2,1-7H3/t25-,27-,32-,40-/m0/s1. The van der Waals surface area contributed by atoms with E-state index in [0.29, 0.717) is 34.5 Å². The second kappa shape index (κ2) is 13.4. The molecule has 0 saturated heterocycles. The molecule has 1 N–H and O–H groups in total. The predicted octanol–water partition coefficient (Wildman–Crippen LogP) is 8.28. The highest BCUT2D eigenvalue weighted by atomic mass is 79.9. The van der Waals surface area contributed by atoms with E-state index in [1.165, 1.54) is 0 Å². The van der Waals surface area contributed by atoms with E-state index in [9.17, 15) is 5.11 Å². The van der Waals surface area contributed by atoms with E-state index in [-0.39, 0.29) is 41.0 Å². The summed E-state index contributed by atoms with van der Waals surface area (Å²) in [6.45, 7) is 10.7. The lowest BCUT2D eigenvalue weighted by Crippen LogP contribution is -2.68. The first-order valence-corrected chi connectivity index (χ1v) is 21.3. The minimum absolute atomic E-state index is 0.0149. The van der Waals surface area contributed by atoms with Gasteiger partial charge in [-0.2, -0.15) is 0 Å². The van der Waals surface area contributed by atoms with Gasteiger partial charge in [-0.3, -0.25) is 14.5 Å². The molecular weight excluding hydrogens is 742 g/mol. The van der Waals surface area contributed by atoms with Crippen molar-refractivity contribution in [2.24, 2.45) is 11.8 Å². The van der Waals surface area contributed by atoms with Gasteiger partial charge in [-0.25, -0.2) is 4.98 Å². The normalized spacial score (nSPS) is 22.8. The van der Waals surface area contributed by atoms with Gasteiger partial charge in [0.05, 0.1) is 17.8 Å². The number of Topliss-reactive ketones (excluding diaryl/α,β-unsaturated/α-hetero) is 2. The van der Waals surface area contributed by atoms with Crippen molar-refractivity contribution < 1.29 is 33.1 Å². The van der Waals surface area contributed by atoms with Gasteiger partial charge in [0.1, 0.15) is 34.9 Å². The van der Waals surface area contributed by atoms with Crippen molar-refractivity contribution in [1.29, 1.82) is 0 Å². The molecule has 0 amide bonds. The van der Waals surface area contributed by atoms with Crippen LogP contribution in [-0.4, -0.2) is 59.7 Å². The van der Waals surface area contributed by atoms with Crippen LogP contribution < -0.4 is 9.47 Å².